The quantitative estimate of drug-likeness (QED) is 0.738. The molecule has 1 atom stereocenters. The molecule has 3 heteroatoms. The van der Waals surface area contributed by atoms with E-state index in [2.05, 4.69) is 32.3 Å². The van der Waals surface area contributed by atoms with Crippen LogP contribution in [0.2, 0.25) is 0 Å². The topological polar surface area (TPSA) is 30.5 Å². The Kier molecular flexibility index (Phi) is 6.01. The van der Waals surface area contributed by atoms with Crippen LogP contribution in [0.1, 0.15) is 39.3 Å². The third-order valence-corrected chi connectivity index (χ3v) is 2.36. The van der Waals surface area contributed by atoms with Crippen LogP contribution in [0.3, 0.4) is 0 Å². The van der Waals surface area contributed by atoms with Gasteiger partial charge in [0.2, 0.25) is 0 Å². The second-order valence-corrected chi connectivity index (χ2v) is 4.52. The molecule has 1 unspecified atom stereocenters. The minimum absolute atomic E-state index is 0.122. The van der Waals surface area contributed by atoms with Gasteiger partial charge in [0, 0.05) is 5.56 Å². The molecule has 17 heavy (non-hydrogen) atoms. The first-order chi connectivity index (χ1) is 8.15. The van der Waals surface area contributed by atoms with Crippen molar-refractivity contribution in [3.05, 3.63) is 29.8 Å². The predicted molar refractivity (Wildman–Crippen MR) is 70.0 cm³/mol. The van der Waals surface area contributed by atoms with Gasteiger partial charge in [0.1, 0.15) is 5.75 Å². The normalized spacial score (nSPS) is 12.8. The lowest BCUT2D eigenvalue weighted by Gasteiger charge is -2.18. The van der Waals surface area contributed by atoms with Gasteiger partial charge in [0.05, 0.1) is 19.3 Å². The van der Waals surface area contributed by atoms with Crippen LogP contribution >= 0.6 is 0 Å². The molecular weight excluding hydrogens is 214 g/mol. The highest BCUT2D eigenvalue weighted by Crippen LogP contribution is 2.24. The van der Waals surface area contributed by atoms with E-state index in [4.69, 9.17) is 9.57 Å². The highest BCUT2D eigenvalue weighted by Gasteiger charge is 2.10. The Balaban J connectivity index is 2.58. The highest BCUT2D eigenvalue weighted by atomic mass is 16.6. The van der Waals surface area contributed by atoms with E-state index in [0.717, 1.165) is 11.3 Å². The standard InChI is InChI=1S/C14H23NO2/c1-5-16-14-9-7-6-8-13(14)12(4)15-17-10-11(2)3/h6-9,11-12,15H,5,10H2,1-4H3. The second-order valence-electron chi connectivity index (χ2n) is 4.52. The summed E-state index contributed by atoms with van der Waals surface area (Å²) in [5.74, 6) is 1.44. The summed E-state index contributed by atoms with van der Waals surface area (Å²) >= 11 is 0. The largest absolute Gasteiger partial charge is 0.494 e. The van der Waals surface area contributed by atoms with Crippen LogP contribution in [-0.2, 0) is 4.84 Å². The van der Waals surface area contributed by atoms with Gasteiger partial charge in [-0.1, -0.05) is 32.0 Å². The fourth-order valence-corrected chi connectivity index (χ4v) is 1.53. The first-order valence-electron chi connectivity index (χ1n) is 6.24. The summed E-state index contributed by atoms with van der Waals surface area (Å²) in [5, 5.41) is 0. The number of ether oxygens (including phenoxy) is 1. The van der Waals surface area contributed by atoms with Crippen molar-refractivity contribution in [1.82, 2.24) is 5.48 Å². The minimum Gasteiger partial charge on any atom is -0.494 e. The maximum atomic E-state index is 5.59. The van der Waals surface area contributed by atoms with E-state index in [-0.39, 0.29) is 6.04 Å². The number of para-hydroxylation sites is 1. The summed E-state index contributed by atoms with van der Waals surface area (Å²) in [6, 6.07) is 8.16. The number of nitrogens with one attached hydrogen (secondary N) is 1. The van der Waals surface area contributed by atoms with E-state index in [1.807, 2.05) is 25.1 Å². The maximum absolute atomic E-state index is 5.59. The number of rotatable bonds is 7. The molecule has 0 saturated heterocycles. The lowest BCUT2D eigenvalue weighted by Crippen LogP contribution is -2.22. The van der Waals surface area contributed by atoms with E-state index in [0.29, 0.717) is 19.1 Å². The number of hydrogen-bond donors (Lipinski definition) is 1. The Hall–Kier alpha value is -1.06. The van der Waals surface area contributed by atoms with Crippen LogP contribution in [0.5, 0.6) is 5.75 Å². The molecule has 96 valence electrons. The summed E-state index contributed by atoms with van der Waals surface area (Å²) in [7, 11) is 0. The Morgan fingerprint density at radius 2 is 1.88 bits per heavy atom. The SMILES string of the molecule is CCOc1ccccc1C(C)NOCC(C)C. The number of hydroxylamine groups is 1. The van der Waals surface area contributed by atoms with Crippen molar-refractivity contribution in [2.75, 3.05) is 13.2 Å². The smallest absolute Gasteiger partial charge is 0.124 e. The summed E-state index contributed by atoms with van der Waals surface area (Å²) in [5.41, 5.74) is 4.17. The van der Waals surface area contributed by atoms with Crippen LogP contribution in [0.4, 0.5) is 0 Å². The summed E-state index contributed by atoms with van der Waals surface area (Å²) < 4.78 is 5.59. The molecule has 0 aliphatic carbocycles. The third-order valence-electron chi connectivity index (χ3n) is 2.36. The Morgan fingerprint density at radius 1 is 1.18 bits per heavy atom. The lowest BCUT2D eigenvalue weighted by molar-refractivity contribution is 0.00360. The van der Waals surface area contributed by atoms with Crippen LogP contribution < -0.4 is 10.2 Å². The Bertz CT molecular complexity index is 326. The molecule has 1 aromatic rings. The van der Waals surface area contributed by atoms with Gasteiger partial charge in [0.25, 0.3) is 0 Å². The molecule has 1 rings (SSSR count). The molecule has 0 aromatic heterocycles. The van der Waals surface area contributed by atoms with Crippen molar-refractivity contribution >= 4 is 0 Å². The van der Waals surface area contributed by atoms with E-state index in [1.165, 1.54) is 0 Å². The molecule has 0 saturated carbocycles. The average Bonchev–Trinajstić information content (AvgIpc) is 2.29. The lowest BCUT2D eigenvalue weighted by atomic mass is 10.1. The molecule has 0 bridgehead atoms. The molecular formula is C14H23NO2. The first kappa shape index (κ1) is 14.0. The molecule has 0 fully saturated rings. The van der Waals surface area contributed by atoms with Crippen molar-refractivity contribution in [2.24, 2.45) is 5.92 Å². The van der Waals surface area contributed by atoms with E-state index >= 15 is 0 Å². The zero-order valence-electron chi connectivity index (χ0n) is 11.2. The molecule has 0 heterocycles. The fraction of sp³-hybridized carbons (Fsp3) is 0.571. The van der Waals surface area contributed by atoms with E-state index < -0.39 is 0 Å². The highest BCUT2D eigenvalue weighted by molar-refractivity contribution is 5.35. The second kappa shape index (κ2) is 7.30. The van der Waals surface area contributed by atoms with Crippen LogP contribution in [0.25, 0.3) is 0 Å². The summed E-state index contributed by atoms with van der Waals surface area (Å²) in [6.07, 6.45) is 0. The van der Waals surface area contributed by atoms with Crippen molar-refractivity contribution in [3.8, 4) is 5.75 Å². The van der Waals surface area contributed by atoms with Gasteiger partial charge in [-0.05, 0) is 25.8 Å². The van der Waals surface area contributed by atoms with Crippen molar-refractivity contribution in [3.63, 3.8) is 0 Å². The van der Waals surface area contributed by atoms with E-state index in [9.17, 15) is 0 Å². The summed E-state index contributed by atoms with van der Waals surface area (Å²) in [4.78, 5) is 5.44. The minimum atomic E-state index is 0.122. The predicted octanol–water partition coefficient (Wildman–Crippen LogP) is 3.32. The van der Waals surface area contributed by atoms with Gasteiger partial charge in [-0.2, -0.15) is 5.48 Å². The molecule has 0 aliphatic heterocycles. The molecule has 0 spiro atoms. The first-order valence-corrected chi connectivity index (χ1v) is 6.24. The fourth-order valence-electron chi connectivity index (χ4n) is 1.53. The van der Waals surface area contributed by atoms with Crippen molar-refractivity contribution in [2.45, 2.75) is 33.7 Å². The molecule has 1 aromatic carbocycles. The third kappa shape index (κ3) is 4.75. The van der Waals surface area contributed by atoms with E-state index in [1.54, 1.807) is 0 Å². The van der Waals surface area contributed by atoms with Gasteiger partial charge in [0.15, 0.2) is 0 Å². The van der Waals surface area contributed by atoms with Crippen LogP contribution in [0, 0.1) is 5.92 Å². The van der Waals surface area contributed by atoms with Crippen LogP contribution in [-0.4, -0.2) is 13.2 Å². The molecule has 0 aliphatic rings. The van der Waals surface area contributed by atoms with Crippen LogP contribution in [0.15, 0.2) is 24.3 Å². The summed E-state index contributed by atoms with van der Waals surface area (Å²) in [6.45, 7) is 9.70. The monoisotopic (exact) mass is 237 g/mol. The van der Waals surface area contributed by atoms with Crippen molar-refractivity contribution in [1.29, 1.82) is 0 Å². The van der Waals surface area contributed by atoms with Gasteiger partial charge >= 0.3 is 0 Å². The van der Waals surface area contributed by atoms with Gasteiger partial charge in [-0.15, -0.1) is 0 Å². The molecule has 0 radical (unpaired) electrons. The number of hydrogen-bond acceptors (Lipinski definition) is 3. The van der Waals surface area contributed by atoms with Crippen molar-refractivity contribution < 1.29 is 9.57 Å². The Morgan fingerprint density at radius 3 is 2.53 bits per heavy atom. The molecule has 3 nitrogen and oxygen atoms in total. The Labute approximate surface area is 104 Å². The number of benzene rings is 1. The molecule has 0 amide bonds. The zero-order chi connectivity index (χ0) is 12.7. The van der Waals surface area contributed by atoms with Gasteiger partial charge < -0.3 is 9.57 Å². The molecule has 1 N–H and O–H groups in total. The van der Waals surface area contributed by atoms with Gasteiger partial charge in [-0.25, -0.2) is 0 Å². The average molecular weight is 237 g/mol. The van der Waals surface area contributed by atoms with Gasteiger partial charge in [-0.3, -0.25) is 0 Å². The zero-order valence-corrected chi connectivity index (χ0v) is 11.2. The maximum Gasteiger partial charge on any atom is 0.124 e.